The van der Waals surface area contributed by atoms with Gasteiger partial charge in [0.05, 0.1) is 17.8 Å². The Morgan fingerprint density at radius 1 is 1.06 bits per heavy atom. The third-order valence-electron chi connectivity index (χ3n) is 5.10. The number of anilines is 1. The number of amides is 1. The maximum Gasteiger partial charge on any atom is 0.262 e. The van der Waals surface area contributed by atoms with Crippen molar-refractivity contribution in [2.45, 2.75) is 13.5 Å². The molecule has 0 aliphatic heterocycles. The highest BCUT2D eigenvalue weighted by Crippen LogP contribution is 2.31. The van der Waals surface area contributed by atoms with Crippen molar-refractivity contribution in [2.24, 2.45) is 0 Å². The predicted molar refractivity (Wildman–Crippen MR) is 124 cm³/mol. The summed E-state index contributed by atoms with van der Waals surface area (Å²) in [6, 6.07) is 17.3. The van der Waals surface area contributed by atoms with E-state index in [-0.39, 0.29) is 40.1 Å². The number of phenolic OH excluding ortho intramolecular Hbond substituents is 2. The summed E-state index contributed by atoms with van der Waals surface area (Å²) in [6.45, 7) is 1.88. The number of aryl methyl sites for hydroxylation is 1. The number of rotatable bonds is 5. The van der Waals surface area contributed by atoms with Gasteiger partial charge in [-0.15, -0.1) is 0 Å². The smallest absolute Gasteiger partial charge is 0.262 e. The largest absolute Gasteiger partial charge is 0.508 e. The molecule has 1 heterocycles. The number of hydrogen-bond donors (Lipinski definition) is 2. The van der Waals surface area contributed by atoms with Crippen LogP contribution in [0.4, 0.5) is 10.1 Å². The SMILES string of the molecule is Cc1cnc(Cl)nc1-c1ccc(N(Cc2ccccc2)C(=O)c2ccc(O)cc2O)cc1F. The Morgan fingerprint density at radius 2 is 1.82 bits per heavy atom. The molecule has 0 aliphatic rings. The van der Waals surface area contributed by atoms with Gasteiger partial charge in [0, 0.05) is 23.5 Å². The van der Waals surface area contributed by atoms with Crippen LogP contribution in [-0.2, 0) is 6.54 Å². The van der Waals surface area contributed by atoms with Crippen molar-refractivity contribution >= 4 is 23.2 Å². The average Bonchev–Trinajstić information content (AvgIpc) is 2.79. The van der Waals surface area contributed by atoms with Crippen molar-refractivity contribution in [3.63, 3.8) is 0 Å². The van der Waals surface area contributed by atoms with E-state index in [2.05, 4.69) is 9.97 Å². The number of aromatic hydroxyl groups is 2. The van der Waals surface area contributed by atoms with Gasteiger partial charge >= 0.3 is 0 Å². The summed E-state index contributed by atoms with van der Waals surface area (Å²) >= 11 is 5.89. The van der Waals surface area contributed by atoms with Crippen LogP contribution in [0.1, 0.15) is 21.5 Å². The number of phenols is 2. The van der Waals surface area contributed by atoms with Gasteiger partial charge in [0.25, 0.3) is 5.91 Å². The van der Waals surface area contributed by atoms with E-state index >= 15 is 4.39 Å². The van der Waals surface area contributed by atoms with Crippen molar-refractivity contribution < 1.29 is 19.4 Å². The van der Waals surface area contributed by atoms with Gasteiger partial charge in [-0.3, -0.25) is 4.79 Å². The quantitative estimate of drug-likeness (QED) is 0.381. The van der Waals surface area contributed by atoms with Crippen LogP contribution >= 0.6 is 11.6 Å². The molecule has 1 amide bonds. The van der Waals surface area contributed by atoms with Crippen LogP contribution in [0.3, 0.4) is 0 Å². The van der Waals surface area contributed by atoms with E-state index in [1.165, 1.54) is 35.4 Å². The molecule has 0 saturated heterocycles. The molecule has 0 atom stereocenters. The third kappa shape index (κ3) is 4.78. The number of nitrogens with zero attached hydrogens (tertiary/aromatic N) is 3. The molecule has 0 fully saturated rings. The van der Waals surface area contributed by atoms with Gasteiger partial charge in [-0.1, -0.05) is 30.3 Å². The summed E-state index contributed by atoms with van der Waals surface area (Å²) in [5, 5.41) is 19.8. The molecule has 0 aliphatic carbocycles. The number of hydrogen-bond acceptors (Lipinski definition) is 5. The zero-order valence-electron chi connectivity index (χ0n) is 17.5. The van der Waals surface area contributed by atoms with E-state index in [1.54, 1.807) is 13.0 Å². The second-order valence-corrected chi connectivity index (χ2v) is 7.75. The van der Waals surface area contributed by atoms with Crippen molar-refractivity contribution in [3.8, 4) is 22.8 Å². The molecule has 4 rings (SSSR count). The van der Waals surface area contributed by atoms with Crippen molar-refractivity contribution in [2.75, 3.05) is 4.90 Å². The van der Waals surface area contributed by atoms with Gasteiger partial charge in [-0.05, 0) is 60.0 Å². The summed E-state index contributed by atoms with van der Waals surface area (Å²) < 4.78 is 15.2. The molecule has 0 bridgehead atoms. The first-order valence-electron chi connectivity index (χ1n) is 10.0. The molecule has 166 valence electrons. The fourth-order valence-electron chi connectivity index (χ4n) is 3.45. The van der Waals surface area contributed by atoms with Gasteiger partial charge in [-0.2, -0.15) is 0 Å². The minimum absolute atomic E-state index is 0.00256. The van der Waals surface area contributed by atoms with Crippen molar-refractivity contribution in [1.82, 2.24) is 9.97 Å². The fourth-order valence-corrected chi connectivity index (χ4v) is 3.58. The van der Waals surface area contributed by atoms with Gasteiger partial charge in [0.1, 0.15) is 17.3 Å². The normalized spacial score (nSPS) is 10.8. The molecule has 6 nitrogen and oxygen atoms in total. The van der Waals surface area contributed by atoms with Gasteiger partial charge < -0.3 is 15.1 Å². The number of aromatic nitrogens is 2. The van der Waals surface area contributed by atoms with Gasteiger partial charge in [-0.25, -0.2) is 14.4 Å². The summed E-state index contributed by atoms with van der Waals surface area (Å²) in [4.78, 5) is 22.7. The lowest BCUT2D eigenvalue weighted by Gasteiger charge is -2.24. The predicted octanol–water partition coefficient (Wildman–Crippen LogP) is 5.50. The van der Waals surface area contributed by atoms with E-state index in [1.807, 2.05) is 30.3 Å². The first-order chi connectivity index (χ1) is 15.8. The molecule has 1 aromatic heterocycles. The van der Waals surface area contributed by atoms with Crippen LogP contribution in [0.5, 0.6) is 11.5 Å². The first-order valence-corrected chi connectivity index (χ1v) is 10.4. The summed E-state index contributed by atoms with van der Waals surface area (Å²) in [6.07, 6.45) is 1.51. The molecule has 4 aromatic rings. The van der Waals surface area contributed by atoms with Crippen LogP contribution < -0.4 is 4.90 Å². The summed E-state index contributed by atoms with van der Waals surface area (Å²) in [5.74, 6) is -1.69. The molecule has 0 radical (unpaired) electrons. The minimum atomic E-state index is -0.592. The fraction of sp³-hybridized carbons (Fsp3) is 0.0800. The third-order valence-corrected chi connectivity index (χ3v) is 5.28. The Balaban J connectivity index is 1.77. The lowest BCUT2D eigenvalue weighted by molar-refractivity contribution is 0.0982. The van der Waals surface area contributed by atoms with E-state index in [9.17, 15) is 15.0 Å². The molecule has 0 unspecified atom stereocenters. The Bertz CT molecular complexity index is 1330. The van der Waals surface area contributed by atoms with E-state index in [0.29, 0.717) is 11.3 Å². The number of benzene rings is 3. The second kappa shape index (κ2) is 9.26. The lowest BCUT2D eigenvalue weighted by Crippen LogP contribution is -2.30. The summed E-state index contributed by atoms with van der Waals surface area (Å²) in [7, 11) is 0. The molecule has 0 spiro atoms. The highest BCUT2D eigenvalue weighted by molar-refractivity contribution is 6.28. The zero-order chi connectivity index (χ0) is 23.5. The molecule has 3 aromatic carbocycles. The summed E-state index contributed by atoms with van der Waals surface area (Å²) in [5.41, 5.74) is 2.31. The minimum Gasteiger partial charge on any atom is -0.508 e. The molecular weight excluding hydrogens is 445 g/mol. The molecule has 33 heavy (non-hydrogen) atoms. The Hall–Kier alpha value is -3.97. The monoisotopic (exact) mass is 463 g/mol. The van der Waals surface area contributed by atoms with Crippen LogP contribution in [0, 0.1) is 12.7 Å². The Labute approximate surface area is 194 Å². The highest BCUT2D eigenvalue weighted by Gasteiger charge is 2.23. The number of carbonyl (C=O) groups is 1. The van der Waals surface area contributed by atoms with Gasteiger partial charge in [0.2, 0.25) is 5.28 Å². The van der Waals surface area contributed by atoms with E-state index < -0.39 is 11.7 Å². The standard InChI is InChI=1S/C25H19ClFN3O3/c1-15-13-28-25(26)29-23(15)19-9-7-17(11-21(19)27)30(14-16-5-3-2-4-6-16)24(33)20-10-8-18(31)12-22(20)32/h2-13,31-32H,14H2,1H3. The highest BCUT2D eigenvalue weighted by atomic mass is 35.5. The van der Waals surface area contributed by atoms with E-state index in [0.717, 1.165) is 11.6 Å². The molecule has 8 heteroatoms. The topological polar surface area (TPSA) is 86.6 Å². The first kappa shape index (κ1) is 22.2. The van der Waals surface area contributed by atoms with Crippen LogP contribution in [0.15, 0.2) is 72.9 Å². The Morgan fingerprint density at radius 3 is 2.52 bits per heavy atom. The second-order valence-electron chi connectivity index (χ2n) is 7.41. The average molecular weight is 464 g/mol. The van der Waals surface area contributed by atoms with Crippen molar-refractivity contribution in [1.29, 1.82) is 0 Å². The molecular formula is C25H19ClFN3O3. The van der Waals surface area contributed by atoms with Crippen LogP contribution in [0.2, 0.25) is 5.28 Å². The van der Waals surface area contributed by atoms with Crippen molar-refractivity contribution in [3.05, 3.63) is 101 Å². The van der Waals surface area contributed by atoms with E-state index in [4.69, 9.17) is 11.6 Å². The molecule has 0 saturated carbocycles. The maximum absolute atomic E-state index is 15.2. The molecule has 2 N–H and O–H groups in total. The lowest BCUT2D eigenvalue weighted by atomic mass is 10.1. The Kier molecular flexibility index (Phi) is 6.24. The maximum atomic E-state index is 15.2. The van der Waals surface area contributed by atoms with Crippen LogP contribution in [0.25, 0.3) is 11.3 Å². The zero-order valence-corrected chi connectivity index (χ0v) is 18.3. The number of halogens is 2. The van der Waals surface area contributed by atoms with Crippen LogP contribution in [-0.4, -0.2) is 26.1 Å². The number of carbonyl (C=O) groups excluding carboxylic acids is 1. The van der Waals surface area contributed by atoms with Gasteiger partial charge in [0.15, 0.2) is 0 Å².